The summed E-state index contributed by atoms with van der Waals surface area (Å²) in [6, 6.07) is -0.0501. The summed E-state index contributed by atoms with van der Waals surface area (Å²) in [5, 5.41) is 9.47. The van der Waals surface area contributed by atoms with Crippen molar-refractivity contribution < 1.29 is 14.7 Å². The highest BCUT2D eigenvalue weighted by molar-refractivity contribution is 5.84. The third kappa shape index (κ3) is 2.39. The van der Waals surface area contributed by atoms with Crippen LogP contribution < -0.4 is 5.73 Å². The van der Waals surface area contributed by atoms with Gasteiger partial charge in [-0.15, -0.1) is 0 Å². The number of carboxylic acids is 1. The van der Waals surface area contributed by atoms with Crippen molar-refractivity contribution in [2.24, 2.45) is 23.0 Å². The highest BCUT2D eigenvalue weighted by Gasteiger charge is 2.49. The van der Waals surface area contributed by atoms with Gasteiger partial charge < -0.3 is 15.7 Å². The van der Waals surface area contributed by atoms with Gasteiger partial charge >= 0.3 is 5.97 Å². The Kier molecular flexibility index (Phi) is 3.67. The Labute approximate surface area is 113 Å². The average Bonchev–Trinajstić information content (AvgIpc) is 2.94. The molecule has 2 rings (SSSR count). The van der Waals surface area contributed by atoms with E-state index in [1.54, 1.807) is 4.90 Å². The number of carbonyl (C=O) groups excluding carboxylic acids is 1. The molecule has 3 unspecified atom stereocenters. The Morgan fingerprint density at radius 1 is 1.42 bits per heavy atom. The molecule has 2 aliphatic rings. The maximum absolute atomic E-state index is 12.4. The van der Waals surface area contributed by atoms with Crippen molar-refractivity contribution >= 4 is 11.9 Å². The summed E-state index contributed by atoms with van der Waals surface area (Å²) in [5.74, 6) is -0.930. The minimum atomic E-state index is -0.795. The number of nitrogens with two attached hydrogens (primary N) is 1. The molecule has 3 N–H and O–H groups in total. The molecule has 1 aliphatic carbocycles. The van der Waals surface area contributed by atoms with Gasteiger partial charge in [-0.25, -0.2) is 0 Å². The molecular formula is C14H22N2O3. The molecule has 0 aromatic carbocycles. The summed E-state index contributed by atoms with van der Waals surface area (Å²) >= 11 is 0. The molecule has 1 heterocycles. The van der Waals surface area contributed by atoms with Gasteiger partial charge in [-0.05, 0) is 18.8 Å². The Morgan fingerprint density at radius 3 is 2.53 bits per heavy atom. The number of amides is 1. The molecule has 1 aliphatic heterocycles. The molecule has 0 radical (unpaired) electrons. The molecular weight excluding hydrogens is 244 g/mol. The lowest BCUT2D eigenvalue weighted by Crippen LogP contribution is -2.42. The molecule has 0 saturated carbocycles. The second-order valence-corrected chi connectivity index (χ2v) is 6.02. The highest BCUT2D eigenvalue weighted by Crippen LogP contribution is 2.39. The molecule has 3 atom stereocenters. The molecule has 0 aromatic heterocycles. The number of rotatable bonds is 3. The number of hydrogen-bond donors (Lipinski definition) is 2. The Balaban J connectivity index is 2.07. The average molecular weight is 266 g/mol. The van der Waals surface area contributed by atoms with E-state index < -0.39 is 11.4 Å². The van der Waals surface area contributed by atoms with Gasteiger partial charge in [0.15, 0.2) is 0 Å². The molecule has 0 bridgehead atoms. The summed E-state index contributed by atoms with van der Waals surface area (Å²) < 4.78 is 0. The van der Waals surface area contributed by atoms with Crippen molar-refractivity contribution in [3.8, 4) is 0 Å². The first kappa shape index (κ1) is 14.1. The number of nitrogens with zero attached hydrogens (tertiary/aromatic N) is 1. The van der Waals surface area contributed by atoms with Crippen molar-refractivity contribution in [3.05, 3.63) is 12.2 Å². The summed E-state index contributed by atoms with van der Waals surface area (Å²) in [4.78, 5) is 25.6. The van der Waals surface area contributed by atoms with Gasteiger partial charge in [-0.2, -0.15) is 0 Å². The molecule has 0 aromatic rings. The van der Waals surface area contributed by atoms with Crippen molar-refractivity contribution in [1.82, 2.24) is 4.90 Å². The minimum Gasteiger partial charge on any atom is -0.481 e. The fraction of sp³-hybridized carbons (Fsp3) is 0.714. The van der Waals surface area contributed by atoms with E-state index in [4.69, 9.17) is 5.73 Å². The second-order valence-electron chi connectivity index (χ2n) is 6.02. The normalized spacial score (nSPS) is 34.2. The fourth-order valence-electron chi connectivity index (χ4n) is 3.06. The van der Waals surface area contributed by atoms with Crippen molar-refractivity contribution in [3.63, 3.8) is 0 Å². The van der Waals surface area contributed by atoms with Crippen LogP contribution in [-0.4, -0.2) is 41.0 Å². The first-order valence-electron chi connectivity index (χ1n) is 6.83. The van der Waals surface area contributed by atoms with E-state index in [9.17, 15) is 14.7 Å². The van der Waals surface area contributed by atoms with Crippen molar-refractivity contribution in [1.29, 1.82) is 0 Å². The Hall–Kier alpha value is -1.36. The summed E-state index contributed by atoms with van der Waals surface area (Å²) in [6.45, 7) is 4.67. The van der Waals surface area contributed by atoms with E-state index in [1.165, 1.54) is 0 Å². The van der Waals surface area contributed by atoms with Gasteiger partial charge in [-0.3, -0.25) is 9.59 Å². The van der Waals surface area contributed by atoms with Gasteiger partial charge in [0, 0.05) is 19.1 Å². The molecule has 1 saturated heterocycles. The van der Waals surface area contributed by atoms with Gasteiger partial charge in [0.25, 0.3) is 0 Å². The van der Waals surface area contributed by atoms with Crippen LogP contribution in [-0.2, 0) is 9.59 Å². The SMILES string of the molecule is CC(C)C1(C(=O)O)CCN(C(=O)C2C=CC(N)C2)C1. The third-order valence-electron chi connectivity index (χ3n) is 4.58. The summed E-state index contributed by atoms with van der Waals surface area (Å²) in [5.41, 5.74) is 4.97. The lowest BCUT2D eigenvalue weighted by Gasteiger charge is -2.29. The van der Waals surface area contributed by atoms with E-state index in [-0.39, 0.29) is 23.8 Å². The topological polar surface area (TPSA) is 83.6 Å². The number of carbonyl (C=O) groups is 2. The van der Waals surface area contributed by atoms with Crippen LogP contribution in [0.2, 0.25) is 0 Å². The largest absolute Gasteiger partial charge is 0.481 e. The zero-order valence-electron chi connectivity index (χ0n) is 11.5. The Bertz CT molecular complexity index is 419. The summed E-state index contributed by atoms with van der Waals surface area (Å²) in [7, 11) is 0. The Morgan fingerprint density at radius 2 is 2.11 bits per heavy atom. The van der Waals surface area contributed by atoms with Crippen LogP contribution in [0.1, 0.15) is 26.7 Å². The summed E-state index contributed by atoms with van der Waals surface area (Å²) in [6.07, 6.45) is 4.87. The van der Waals surface area contributed by atoms with Crippen LogP contribution in [0.4, 0.5) is 0 Å². The predicted molar refractivity (Wildman–Crippen MR) is 71.3 cm³/mol. The lowest BCUT2D eigenvalue weighted by molar-refractivity contribution is -0.151. The molecule has 5 heteroatoms. The van der Waals surface area contributed by atoms with Gasteiger partial charge in [0.2, 0.25) is 5.91 Å². The maximum Gasteiger partial charge on any atom is 0.311 e. The van der Waals surface area contributed by atoms with Crippen LogP contribution >= 0.6 is 0 Å². The molecule has 0 spiro atoms. The zero-order valence-corrected chi connectivity index (χ0v) is 11.5. The van der Waals surface area contributed by atoms with Crippen LogP contribution in [0.3, 0.4) is 0 Å². The van der Waals surface area contributed by atoms with Gasteiger partial charge in [-0.1, -0.05) is 26.0 Å². The molecule has 1 fully saturated rings. The van der Waals surface area contributed by atoms with Crippen molar-refractivity contribution in [2.45, 2.75) is 32.7 Å². The van der Waals surface area contributed by atoms with Gasteiger partial charge in [0.05, 0.1) is 11.3 Å². The smallest absolute Gasteiger partial charge is 0.311 e. The van der Waals surface area contributed by atoms with E-state index in [0.29, 0.717) is 25.9 Å². The van der Waals surface area contributed by atoms with Crippen LogP contribution in [0.15, 0.2) is 12.2 Å². The third-order valence-corrected chi connectivity index (χ3v) is 4.58. The monoisotopic (exact) mass is 266 g/mol. The number of aliphatic carboxylic acids is 1. The van der Waals surface area contributed by atoms with E-state index in [1.807, 2.05) is 26.0 Å². The number of hydrogen-bond acceptors (Lipinski definition) is 3. The molecule has 1 amide bonds. The van der Waals surface area contributed by atoms with Crippen LogP contribution in [0, 0.1) is 17.3 Å². The number of likely N-dealkylation sites (tertiary alicyclic amines) is 1. The zero-order chi connectivity index (χ0) is 14.2. The fourth-order valence-corrected chi connectivity index (χ4v) is 3.06. The lowest BCUT2D eigenvalue weighted by atomic mass is 9.76. The van der Waals surface area contributed by atoms with Crippen LogP contribution in [0.5, 0.6) is 0 Å². The first-order valence-corrected chi connectivity index (χ1v) is 6.83. The minimum absolute atomic E-state index is 0.0178. The van der Waals surface area contributed by atoms with E-state index >= 15 is 0 Å². The van der Waals surface area contributed by atoms with E-state index in [2.05, 4.69) is 0 Å². The molecule has 19 heavy (non-hydrogen) atoms. The van der Waals surface area contributed by atoms with Crippen LogP contribution in [0.25, 0.3) is 0 Å². The highest BCUT2D eigenvalue weighted by atomic mass is 16.4. The quantitative estimate of drug-likeness (QED) is 0.742. The number of carboxylic acid groups (broad SMARTS) is 1. The predicted octanol–water partition coefficient (Wildman–Crippen LogP) is 0.849. The second kappa shape index (κ2) is 4.96. The van der Waals surface area contributed by atoms with Gasteiger partial charge in [0.1, 0.15) is 0 Å². The molecule has 5 nitrogen and oxygen atoms in total. The van der Waals surface area contributed by atoms with E-state index in [0.717, 1.165) is 0 Å². The maximum atomic E-state index is 12.4. The van der Waals surface area contributed by atoms with Crippen molar-refractivity contribution in [2.75, 3.05) is 13.1 Å². The first-order chi connectivity index (χ1) is 8.86. The standard InChI is InChI=1S/C14H22N2O3/c1-9(2)14(13(18)19)5-6-16(8-14)12(17)10-3-4-11(15)7-10/h3-4,9-11H,5-8,15H2,1-2H3,(H,18,19). The molecule has 106 valence electrons.